The molecule has 0 N–H and O–H groups in total. The van der Waals surface area contributed by atoms with Crippen LogP contribution in [0.2, 0.25) is 0 Å². The van der Waals surface area contributed by atoms with Crippen LogP contribution in [0.25, 0.3) is 0 Å². The van der Waals surface area contributed by atoms with E-state index in [1.165, 1.54) is 0 Å². The first kappa shape index (κ1) is 12.7. The maximum atomic E-state index is 12.9. The smallest absolute Gasteiger partial charge is 0.351 e. The topological polar surface area (TPSA) is 35.5 Å². The number of carbonyl (C=O) groups excluding carboxylic acids is 1. The first-order chi connectivity index (χ1) is 6.22. The number of halogens is 1. The summed E-state index contributed by atoms with van der Waals surface area (Å²) in [4.78, 5) is 10.8. The van der Waals surface area contributed by atoms with Crippen molar-refractivity contribution < 1.29 is 18.7 Å². The second kappa shape index (κ2) is 8.31. The minimum absolute atomic E-state index is 0.220. The van der Waals surface area contributed by atoms with Crippen molar-refractivity contribution in [2.24, 2.45) is 0 Å². The summed E-state index contributed by atoms with van der Waals surface area (Å²) in [6.45, 7) is 2.46. The van der Waals surface area contributed by atoms with Crippen molar-refractivity contribution in [2.45, 2.75) is 18.8 Å². The maximum Gasteiger partial charge on any atom is 0.351 e. The molecular weight excluding hydrogens is 195 g/mol. The molecule has 0 fully saturated rings. The summed E-state index contributed by atoms with van der Waals surface area (Å²) in [5.74, 6) is -0.224. The summed E-state index contributed by atoms with van der Waals surface area (Å²) in [7, 11) is 1.59. The van der Waals surface area contributed by atoms with Crippen molar-refractivity contribution in [3.63, 3.8) is 0 Å². The van der Waals surface area contributed by atoms with E-state index in [9.17, 15) is 9.18 Å². The summed E-state index contributed by atoms with van der Waals surface area (Å²) in [6.07, 6.45) is 0.737. The van der Waals surface area contributed by atoms with E-state index in [0.29, 0.717) is 12.4 Å². The highest BCUT2D eigenvalue weighted by Gasteiger charge is 2.17. The van der Waals surface area contributed by atoms with Crippen LogP contribution in [0.15, 0.2) is 0 Å². The average Bonchev–Trinajstić information content (AvgIpc) is 2.12. The fraction of sp³-hybridized carbons (Fsp3) is 0.875. The molecule has 0 aliphatic rings. The molecule has 5 heteroatoms. The number of ether oxygens (including phenoxy) is 2. The van der Waals surface area contributed by atoms with Crippen LogP contribution in [0, 0.1) is 0 Å². The average molecular weight is 210 g/mol. The molecule has 0 heterocycles. The lowest BCUT2D eigenvalue weighted by molar-refractivity contribution is -0.145. The molecule has 0 bridgehead atoms. The number of alkyl halides is 1. The Labute approximate surface area is 82.0 Å². The van der Waals surface area contributed by atoms with E-state index in [4.69, 9.17) is 4.74 Å². The number of thioether (sulfide) groups is 1. The first-order valence-electron chi connectivity index (χ1n) is 4.13. The fourth-order valence-electron chi connectivity index (χ4n) is 0.666. The summed E-state index contributed by atoms with van der Waals surface area (Å²) in [5.41, 5.74) is -1.56. The third-order valence-electron chi connectivity index (χ3n) is 1.23. The monoisotopic (exact) mass is 210 g/mol. The zero-order valence-electron chi connectivity index (χ0n) is 7.92. The van der Waals surface area contributed by atoms with Gasteiger partial charge in [-0.05, 0) is 19.1 Å². The molecule has 0 radical (unpaired) electrons. The first-order valence-corrected chi connectivity index (χ1v) is 5.18. The largest absolute Gasteiger partial charge is 0.463 e. The molecule has 0 spiro atoms. The molecule has 0 aromatic carbocycles. The van der Waals surface area contributed by atoms with Crippen LogP contribution < -0.4 is 0 Å². The van der Waals surface area contributed by atoms with Crippen molar-refractivity contribution in [3.05, 3.63) is 0 Å². The molecule has 1 unspecified atom stereocenters. The molecule has 0 aromatic heterocycles. The van der Waals surface area contributed by atoms with E-state index in [2.05, 4.69) is 4.74 Å². The summed E-state index contributed by atoms with van der Waals surface area (Å²) in [5, 5.41) is 0. The lowest BCUT2D eigenvalue weighted by Crippen LogP contribution is -2.16. The second-order valence-electron chi connectivity index (χ2n) is 2.29. The molecule has 0 rings (SSSR count). The lowest BCUT2D eigenvalue weighted by Gasteiger charge is -2.06. The normalized spacial score (nSPS) is 12.5. The van der Waals surface area contributed by atoms with E-state index in [1.54, 1.807) is 14.0 Å². The Bertz CT molecular complexity index is 143. The second-order valence-corrected chi connectivity index (χ2v) is 3.44. The molecule has 0 saturated heterocycles. The van der Waals surface area contributed by atoms with E-state index in [0.717, 1.165) is 18.2 Å². The number of methoxy groups -OCH3 is 1. The Balaban J connectivity index is 3.38. The van der Waals surface area contributed by atoms with Gasteiger partial charge in [0.05, 0.1) is 6.61 Å². The Hall–Kier alpha value is -0.290. The quantitative estimate of drug-likeness (QED) is 0.472. The van der Waals surface area contributed by atoms with Crippen LogP contribution in [0.1, 0.15) is 13.3 Å². The van der Waals surface area contributed by atoms with Crippen LogP contribution in [0.3, 0.4) is 0 Å². The van der Waals surface area contributed by atoms with Crippen molar-refractivity contribution in [1.29, 1.82) is 0 Å². The molecule has 0 aliphatic heterocycles. The third-order valence-corrected chi connectivity index (χ3v) is 2.24. The fourth-order valence-corrected chi connectivity index (χ4v) is 1.36. The number of esters is 1. The van der Waals surface area contributed by atoms with Gasteiger partial charge in [0.1, 0.15) is 0 Å². The van der Waals surface area contributed by atoms with Gasteiger partial charge >= 0.3 is 5.97 Å². The van der Waals surface area contributed by atoms with Crippen molar-refractivity contribution in [3.8, 4) is 0 Å². The van der Waals surface area contributed by atoms with Gasteiger partial charge in [0, 0.05) is 13.7 Å². The SMILES string of the molecule is CCOC(=O)C(F)SCCCOC. The Kier molecular flexibility index (Phi) is 8.13. The van der Waals surface area contributed by atoms with Gasteiger partial charge in [-0.1, -0.05) is 0 Å². The van der Waals surface area contributed by atoms with Crippen LogP contribution >= 0.6 is 11.8 Å². The van der Waals surface area contributed by atoms with Gasteiger partial charge in [0.2, 0.25) is 5.50 Å². The zero-order chi connectivity index (χ0) is 10.1. The number of carbonyl (C=O) groups is 1. The van der Waals surface area contributed by atoms with Crippen molar-refractivity contribution in [2.75, 3.05) is 26.1 Å². The van der Waals surface area contributed by atoms with Gasteiger partial charge in [-0.3, -0.25) is 0 Å². The number of hydrogen-bond acceptors (Lipinski definition) is 4. The number of hydrogen-bond donors (Lipinski definition) is 0. The molecule has 0 aliphatic carbocycles. The van der Waals surface area contributed by atoms with Crippen LogP contribution in [0.4, 0.5) is 4.39 Å². The molecule has 3 nitrogen and oxygen atoms in total. The van der Waals surface area contributed by atoms with Gasteiger partial charge in [-0.2, -0.15) is 0 Å². The van der Waals surface area contributed by atoms with Gasteiger partial charge < -0.3 is 9.47 Å². The molecule has 0 amide bonds. The Morgan fingerprint density at radius 1 is 1.62 bits per heavy atom. The van der Waals surface area contributed by atoms with E-state index >= 15 is 0 Å². The van der Waals surface area contributed by atoms with Gasteiger partial charge in [-0.25, -0.2) is 9.18 Å². The number of rotatable bonds is 7. The summed E-state index contributed by atoms with van der Waals surface area (Å²) >= 11 is 0.943. The van der Waals surface area contributed by atoms with Crippen LogP contribution in [-0.2, 0) is 14.3 Å². The predicted molar refractivity (Wildman–Crippen MR) is 50.5 cm³/mol. The molecule has 13 heavy (non-hydrogen) atoms. The highest BCUT2D eigenvalue weighted by atomic mass is 32.2. The van der Waals surface area contributed by atoms with E-state index in [-0.39, 0.29) is 6.61 Å². The van der Waals surface area contributed by atoms with Gasteiger partial charge in [-0.15, -0.1) is 11.8 Å². The third kappa shape index (κ3) is 6.83. The minimum atomic E-state index is -1.56. The van der Waals surface area contributed by atoms with Crippen LogP contribution in [-0.4, -0.2) is 37.5 Å². The van der Waals surface area contributed by atoms with Gasteiger partial charge in [0.25, 0.3) is 0 Å². The Morgan fingerprint density at radius 2 is 2.31 bits per heavy atom. The maximum absolute atomic E-state index is 12.9. The van der Waals surface area contributed by atoms with E-state index in [1.807, 2.05) is 0 Å². The highest BCUT2D eigenvalue weighted by Crippen LogP contribution is 2.14. The zero-order valence-corrected chi connectivity index (χ0v) is 8.73. The van der Waals surface area contributed by atoms with Crippen molar-refractivity contribution in [1.82, 2.24) is 0 Å². The minimum Gasteiger partial charge on any atom is -0.463 e. The molecule has 0 aromatic rings. The lowest BCUT2D eigenvalue weighted by atomic mass is 10.5. The van der Waals surface area contributed by atoms with Crippen LogP contribution in [0.5, 0.6) is 0 Å². The molecule has 1 atom stereocenters. The standard InChI is InChI=1S/C8H15FO3S/c1-3-12-8(10)7(9)13-6-4-5-11-2/h7H,3-6H2,1-2H3. The molecule has 0 saturated carbocycles. The molecular formula is C8H15FO3S. The van der Waals surface area contributed by atoms with Crippen molar-refractivity contribution >= 4 is 17.7 Å². The Morgan fingerprint density at radius 3 is 2.85 bits per heavy atom. The molecule has 78 valence electrons. The highest BCUT2D eigenvalue weighted by molar-refractivity contribution is 8.00. The summed E-state index contributed by atoms with van der Waals surface area (Å²) in [6, 6.07) is 0. The van der Waals surface area contributed by atoms with E-state index < -0.39 is 11.5 Å². The predicted octanol–water partition coefficient (Wildman–Crippen LogP) is 1.61. The summed E-state index contributed by atoms with van der Waals surface area (Å²) < 4.78 is 22.1. The van der Waals surface area contributed by atoms with Gasteiger partial charge in [0.15, 0.2) is 0 Å².